The van der Waals surface area contributed by atoms with E-state index >= 15 is 4.39 Å². The fraction of sp³-hybridized carbons (Fsp3) is 0.483. The highest BCUT2D eigenvalue weighted by Crippen LogP contribution is 2.42. The number of piperidine rings is 2. The Morgan fingerprint density at radius 1 is 0.747 bits per heavy atom. The van der Waals surface area contributed by atoms with Crippen LogP contribution in [0.1, 0.15) is 61.0 Å². The van der Waals surface area contributed by atoms with Crippen molar-refractivity contribution in [1.29, 1.82) is 0 Å². The number of nitrogens with zero attached hydrogens (tertiary/aromatic N) is 11. The lowest BCUT2D eigenvalue weighted by molar-refractivity contribution is -0.131. The van der Waals surface area contributed by atoms with E-state index in [9.17, 15) is 14.0 Å². The summed E-state index contributed by atoms with van der Waals surface area (Å²) in [7, 11) is 4.98. The predicted molar refractivity (Wildman–Crippen MR) is 304 cm³/mol. The quantitative estimate of drug-likeness (QED) is 0.0788. The number of amides is 2. The van der Waals surface area contributed by atoms with E-state index in [0.29, 0.717) is 79.6 Å². The standard InChI is InChI=1S/C60H74F2N12O5/c1-67(2)60(76)52-39-51-50(38-49(58(62)59(51)65-52)43-7-5-20-71(40-43)57(75)17-24-72-26-19-64-66-72)48-12-11-45(36-55(48)77-3)70-29-27-68(28-30-70)31-32-78-33-34-79-41-42-14-22-69(23-15-42)46-13-18-63-56(37-46)74-25-16-54-53(74)10-6-21-73(54)47-9-4-8-44(61)35-47/h4,7-9,11-13,18-19,26,35-39,42,53-54,65H,5-6,10,14-17,20-25,27-34,40-41H2,1-3H3/t53-,54-/m1/s1. The van der Waals surface area contributed by atoms with Gasteiger partial charge in [-0.25, -0.2) is 13.8 Å². The summed E-state index contributed by atoms with van der Waals surface area (Å²) in [6.45, 7) is 12.0. The summed E-state index contributed by atoms with van der Waals surface area (Å²) in [5.74, 6) is 1.25. The second-order valence-electron chi connectivity index (χ2n) is 21.8. The second kappa shape index (κ2) is 24.5. The van der Waals surface area contributed by atoms with Crippen LogP contribution >= 0.6 is 0 Å². The van der Waals surface area contributed by atoms with Gasteiger partial charge >= 0.3 is 0 Å². The van der Waals surface area contributed by atoms with Crippen molar-refractivity contribution < 1.29 is 32.6 Å². The third kappa shape index (κ3) is 12.1. The van der Waals surface area contributed by atoms with E-state index in [2.05, 4.69) is 58.0 Å². The topological polar surface area (TPSA) is 144 Å². The number of aromatic nitrogens is 5. The van der Waals surface area contributed by atoms with Gasteiger partial charge in [-0.3, -0.25) is 19.2 Å². The number of piperazine rings is 1. The second-order valence-corrected chi connectivity index (χ2v) is 21.8. The van der Waals surface area contributed by atoms with E-state index in [4.69, 9.17) is 19.2 Å². The average Bonchev–Trinajstić information content (AvgIpc) is 4.41. The normalized spacial score (nSPS) is 19.3. The smallest absolute Gasteiger partial charge is 0.269 e. The number of aromatic amines is 1. The molecule has 3 aromatic heterocycles. The zero-order valence-electron chi connectivity index (χ0n) is 45.9. The van der Waals surface area contributed by atoms with E-state index in [-0.39, 0.29) is 41.8 Å². The predicted octanol–water partition coefficient (Wildman–Crippen LogP) is 7.84. The van der Waals surface area contributed by atoms with Gasteiger partial charge in [0.15, 0.2) is 5.82 Å². The number of halogens is 2. The molecule has 2 amide bonds. The molecule has 4 fully saturated rings. The van der Waals surface area contributed by atoms with Gasteiger partial charge in [0.05, 0.1) is 57.3 Å². The van der Waals surface area contributed by atoms with Gasteiger partial charge in [-0.05, 0) is 104 Å². The molecular formula is C60H74F2N12O5. The molecule has 4 saturated heterocycles. The van der Waals surface area contributed by atoms with Crippen LogP contribution in [-0.4, -0.2) is 183 Å². The van der Waals surface area contributed by atoms with Crippen molar-refractivity contribution in [2.24, 2.45) is 5.92 Å². The van der Waals surface area contributed by atoms with E-state index in [1.807, 2.05) is 42.6 Å². The Hall–Kier alpha value is -7.09. The molecule has 11 rings (SSSR count). The fourth-order valence-electron chi connectivity index (χ4n) is 12.5. The lowest BCUT2D eigenvalue weighted by Crippen LogP contribution is -2.50. The first-order valence-electron chi connectivity index (χ1n) is 28.3. The van der Waals surface area contributed by atoms with E-state index < -0.39 is 5.82 Å². The first kappa shape index (κ1) is 53.9. The summed E-state index contributed by atoms with van der Waals surface area (Å²) >= 11 is 0. The molecular weight excluding hydrogens is 1010 g/mol. The summed E-state index contributed by atoms with van der Waals surface area (Å²) in [6.07, 6.45) is 13.5. The Labute approximate surface area is 461 Å². The molecule has 2 atom stereocenters. The highest BCUT2D eigenvalue weighted by atomic mass is 19.1. The molecule has 19 heteroatoms. The third-order valence-electron chi connectivity index (χ3n) is 16.8. The summed E-state index contributed by atoms with van der Waals surface area (Å²) in [6, 6.07) is 21.9. The summed E-state index contributed by atoms with van der Waals surface area (Å²) in [5, 5.41) is 8.38. The summed E-state index contributed by atoms with van der Waals surface area (Å²) in [5.41, 5.74) is 6.32. The van der Waals surface area contributed by atoms with Gasteiger partial charge < -0.3 is 48.6 Å². The maximum atomic E-state index is 16.8. The number of H-pyrrole nitrogens is 1. The van der Waals surface area contributed by atoms with Crippen LogP contribution in [0.25, 0.3) is 27.6 Å². The van der Waals surface area contributed by atoms with Crippen molar-refractivity contribution in [3.05, 3.63) is 114 Å². The number of carbonyl (C=O) groups is 2. The maximum Gasteiger partial charge on any atom is 0.269 e. The summed E-state index contributed by atoms with van der Waals surface area (Å²) in [4.78, 5) is 50.0. The number of hydrogen-bond acceptors (Lipinski definition) is 13. The van der Waals surface area contributed by atoms with Gasteiger partial charge in [0.25, 0.3) is 5.91 Å². The number of aryl methyl sites for hydroxylation is 1. The molecule has 418 valence electrons. The SMILES string of the molecule is COc1cc(N2CCN(CCOCCOCC3CCN(c4ccnc(N5CC[C@@H]6[C@H]5CCCN6c5cccc(F)c5)c4)CC3)CC2)ccc1-c1cc(C2=CCCN(C(=O)CCn3ccnn3)C2)c(F)c2[nH]c(C(=O)N(C)C)cc12. The van der Waals surface area contributed by atoms with Crippen LogP contribution in [0, 0.1) is 17.6 Å². The van der Waals surface area contributed by atoms with Gasteiger partial charge in [-0.2, -0.15) is 0 Å². The Bertz CT molecular complexity index is 3100. The van der Waals surface area contributed by atoms with Crippen LogP contribution in [-0.2, 0) is 20.8 Å². The highest BCUT2D eigenvalue weighted by molar-refractivity contribution is 6.05. The molecule has 6 aromatic rings. The number of nitrogens with one attached hydrogen (secondary N) is 1. The Morgan fingerprint density at radius 2 is 1.56 bits per heavy atom. The molecule has 79 heavy (non-hydrogen) atoms. The van der Waals surface area contributed by atoms with Crippen molar-refractivity contribution in [3.63, 3.8) is 0 Å². The van der Waals surface area contributed by atoms with Crippen LogP contribution in [0.4, 0.5) is 31.7 Å². The average molecular weight is 1080 g/mol. The van der Waals surface area contributed by atoms with E-state index in [1.54, 1.807) is 55.3 Å². The number of pyridine rings is 1. The first-order chi connectivity index (χ1) is 38.6. The number of hydrogen-bond donors (Lipinski definition) is 1. The number of ether oxygens (including phenoxy) is 3. The molecule has 0 spiro atoms. The van der Waals surface area contributed by atoms with Crippen LogP contribution < -0.4 is 24.3 Å². The number of methoxy groups -OCH3 is 1. The molecule has 0 unspecified atom stereocenters. The van der Waals surface area contributed by atoms with Gasteiger partial charge in [0, 0.05) is 157 Å². The Morgan fingerprint density at radius 3 is 2.35 bits per heavy atom. The van der Waals surface area contributed by atoms with Crippen molar-refractivity contribution in [1.82, 2.24) is 39.7 Å². The largest absolute Gasteiger partial charge is 0.496 e. The number of anilines is 4. The van der Waals surface area contributed by atoms with Crippen molar-refractivity contribution >= 4 is 51.2 Å². The highest BCUT2D eigenvalue weighted by Gasteiger charge is 2.41. The molecule has 5 aliphatic heterocycles. The number of fused-ring (bicyclic) bond motifs is 2. The Balaban J connectivity index is 0.630. The minimum Gasteiger partial charge on any atom is -0.496 e. The van der Waals surface area contributed by atoms with Crippen molar-refractivity contribution in [3.8, 4) is 16.9 Å². The molecule has 1 N–H and O–H groups in total. The lowest BCUT2D eigenvalue weighted by Gasteiger charge is -2.41. The molecule has 17 nitrogen and oxygen atoms in total. The fourth-order valence-corrected chi connectivity index (χ4v) is 12.5. The number of rotatable bonds is 19. The number of benzene rings is 3. The molecule has 0 bridgehead atoms. The molecule has 0 radical (unpaired) electrons. The zero-order chi connectivity index (χ0) is 54.4. The Kier molecular flexibility index (Phi) is 16.7. The number of carbonyl (C=O) groups excluding carboxylic acids is 2. The molecule has 0 aliphatic carbocycles. The lowest BCUT2D eigenvalue weighted by atomic mass is 9.92. The third-order valence-corrected chi connectivity index (χ3v) is 16.8. The van der Waals surface area contributed by atoms with Crippen molar-refractivity contribution in [2.45, 2.75) is 63.6 Å². The van der Waals surface area contributed by atoms with Gasteiger partial charge in [-0.15, -0.1) is 5.10 Å². The van der Waals surface area contributed by atoms with Gasteiger partial charge in [0.2, 0.25) is 5.91 Å². The minimum absolute atomic E-state index is 0.0423. The molecule has 3 aromatic carbocycles. The minimum atomic E-state index is -0.472. The van der Waals surface area contributed by atoms with Crippen LogP contribution in [0.3, 0.4) is 0 Å². The molecule has 5 aliphatic rings. The van der Waals surface area contributed by atoms with Gasteiger partial charge in [-0.1, -0.05) is 17.4 Å². The van der Waals surface area contributed by atoms with Crippen LogP contribution in [0.2, 0.25) is 0 Å². The molecule has 8 heterocycles. The van der Waals surface area contributed by atoms with Crippen LogP contribution in [0.5, 0.6) is 5.75 Å². The van der Waals surface area contributed by atoms with E-state index in [0.717, 1.165) is 126 Å². The first-order valence-corrected chi connectivity index (χ1v) is 28.3. The summed E-state index contributed by atoms with van der Waals surface area (Å²) < 4.78 is 50.9. The maximum absolute atomic E-state index is 16.8. The van der Waals surface area contributed by atoms with Crippen LogP contribution in [0.15, 0.2) is 91.4 Å². The van der Waals surface area contributed by atoms with E-state index in [1.165, 1.54) is 16.7 Å². The van der Waals surface area contributed by atoms with Crippen molar-refractivity contribution in [2.75, 3.05) is 139 Å². The monoisotopic (exact) mass is 1080 g/mol. The molecule has 0 saturated carbocycles. The van der Waals surface area contributed by atoms with Gasteiger partial charge in [0.1, 0.15) is 23.1 Å². The zero-order valence-corrected chi connectivity index (χ0v) is 45.9.